The maximum Gasteiger partial charge on any atom is 0.249 e. The number of benzene rings is 2. The molecule has 0 aliphatic carbocycles. The molecule has 2 aromatic carbocycles. The normalized spacial score (nSPS) is 16.4. The van der Waals surface area contributed by atoms with Crippen LogP contribution >= 0.6 is 11.3 Å². The summed E-state index contributed by atoms with van der Waals surface area (Å²) in [7, 11) is -4.44. The van der Waals surface area contributed by atoms with E-state index in [4.69, 9.17) is 9.47 Å². The molecule has 0 bridgehead atoms. The van der Waals surface area contributed by atoms with Crippen LogP contribution < -0.4 is 4.74 Å². The second-order valence-electron chi connectivity index (χ2n) is 7.81. The summed E-state index contributed by atoms with van der Waals surface area (Å²) in [6.45, 7) is 0.986. The molecule has 1 aromatic heterocycles. The number of rotatable bonds is 10. The second kappa shape index (κ2) is 10.7. The first kappa shape index (κ1) is 23.8. The van der Waals surface area contributed by atoms with E-state index in [0.717, 1.165) is 35.3 Å². The van der Waals surface area contributed by atoms with Crippen molar-refractivity contribution >= 4 is 21.4 Å². The molecule has 0 radical (unpaired) electrons. The smallest absolute Gasteiger partial charge is 0.249 e. The highest BCUT2D eigenvalue weighted by Gasteiger charge is 2.33. The molecular formula is C24H25F2NO4S2. The summed E-state index contributed by atoms with van der Waals surface area (Å²) >= 11 is 1.66. The topological polar surface area (TPSA) is 55.8 Å². The average Bonchev–Trinajstić information content (AvgIpc) is 3.48. The monoisotopic (exact) mass is 493 g/mol. The molecule has 33 heavy (non-hydrogen) atoms. The van der Waals surface area contributed by atoms with Crippen molar-refractivity contribution in [3.8, 4) is 5.75 Å². The summed E-state index contributed by atoms with van der Waals surface area (Å²) in [5.41, 5.74) is 0.655. The Labute approximate surface area is 196 Å². The van der Waals surface area contributed by atoms with Gasteiger partial charge in [-0.15, -0.1) is 11.3 Å². The molecule has 1 fully saturated rings. The summed E-state index contributed by atoms with van der Waals surface area (Å²) in [5.74, 6) is -1.62. The van der Waals surface area contributed by atoms with Gasteiger partial charge in [-0.05, 0) is 54.1 Å². The Bertz CT molecular complexity index is 1140. The van der Waals surface area contributed by atoms with Crippen molar-refractivity contribution in [3.63, 3.8) is 0 Å². The number of thiophene rings is 1. The van der Waals surface area contributed by atoms with Crippen LogP contribution in [0.1, 0.15) is 23.3 Å². The fourth-order valence-electron chi connectivity index (χ4n) is 3.78. The Morgan fingerprint density at radius 3 is 2.58 bits per heavy atom. The van der Waals surface area contributed by atoms with Crippen LogP contribution in [-0.4, -0.2) is 38.6 Å². The third-order valence-corrected chi connectivity index (χ3v) is 8.20. The highest BCUT2D eigenvalue weighted by molar-refractivity contribution is 7.89. The first-order valence-corrected chi connectivity index (χ1v) is 13.1. The zero-order valence-electron chi connectivity index (χ0n) is 18.0. The van der Waals surface area contributed by atoms with Crippen molar-refractivity contribution < 1.29 is 26.7 Å². The molecule has 0 N–H and O–H groups in total. The first-order chi connectivity index (χ1) is 15.9. The molecular weight excluding hydrogens is 468 g/mol. The molecule has 1 saturated heterocycles. The number of sulfonamides is 1. The van der Waals surface area contributed by atoms with Crippen LogP contribution in [0.25, 0.3) is 0 Å². The van der Waals surface area contributed by atoms with E-state index < -0.39 is 26.6 Å². The molecule has 2 heterocycles. The van der Waals surface area contributed by atoms with E-state index in [9.17, 15) is 17.2 Å². The van der Waals surface area contributed by atoms with Crippen molar-refractivity contribution in [2.45, 2.75) is 36.8 Å². The van der Waals surface area contributed by atoms with Crippen molar-refractivity contribution in [1.29, 1.82) is 0 Å². The van der Waals surface area contributed by atoms with E-state index >= 15 is 0 Å². The zero-order valence-corrected chi connectivity index (χ0v) is 19.6. The van der Waals surface area contributed by atoms with Gasteiger partial charge >= 0.3 is 0 Å². The fraction of sp³-hybridized carbons (Fsp3) is 0.333. The molecule has 3 aromatic rings. The highest BCUT2D eigenvalue weighted by atomic mass is 32.2. The van der Waals surface area contributed by atoms with Crippen LogP contribution in [-0.2, 0) is 27.7 Å². The van der Waals surface area contributed by atoms with Crippen LogP contribution in [0.2, 0.25) is 0 Å². The maximum atomic E-state index is 14.4. The van der Waals surface area contributed by atoms with Gasteiger partial charge in [0.15, 0.2) is 4.90 Å². The van der Waals surface area contributed by atoms with Gasteiger partial charge in [-0.2, -0.15) is 4.31 Å². The average molecular weight is 494 g/mol. The predicted octanol–water partition coefficient (Wildman–Crippen LogP) is 5.02. The SMILES string of the molecule is O=S(=O)(c1c(F)cccc1F)N(Cc1cccc(OCCc2cccs2)c1)C[C@@H]1CCCO1. The van der Waals surface area contributed by atoms with E-state index in [1.54, 1.807) is 35.6 Å². The lowest BCUT2D eigenvalue weighted by Crippen LogP contribution is -2.37. The Morgan fingerprint density at radius 1 is 1.09 bits per heavy atom. The van der Waals surface area contributed by atoms with Gasteiger partial charge in [0.1, 0.15) is 17.4 Å². The lowest BCUT2D eigenvalue weighted by atomic mass is 10.2. The Morgan fingerprint density at radius 2 is 1.88 bits per heavy atom. The van der Waals surface area contributed by atoms with Gasteiger partial charge in [-0.3, -0.25) is 0 Å². The van der Waals surface area contributed by atoms with Gasteiger partial charge in [-0.1, -0.05) is 24.3 Å². The second-order valence-corrected chi connectivity index (χ2v) is 10.7. The van der Waals surface area contributed by atoms with E-state index in [-0.39, 0.29) is 19.2 Å². The molecule has 1 atom stereocenters. The van der Waals surface area contributed by atoms with Gasteiger partial charge in [0.25, 0.3) is 0 Å². The fourth-order valence-corrected chi connectivity index (χ4v) is 6.04. The van der Waals surface area contributed by atoms with Crippen molar-refractivity contribution in [2.24, 2.45) is 0 Å². The van der Waals surface area contributed by atoms with Gasteiger partial charge in [0, 0.05) is 31.0 Å². The van der Waals surface area contributed by atoms with Crippen molar-refractivity contribution in [1.82, 2.24) is 4.31 Å². The van der Waals surface area contributed by atoms with Crippen molar-refractivity contribution in [3.05, 3.63) is 82.1 Å². The van der Waals surface area contributed by atoms with E-state index in [1.807, 2.05) is 17.5 Å². The Kier molecular flexibility index (Phi) is 7.75. The maximum absolute atomic E-state index is 14.4. The molecule has 0 saturated carbocycles. The number of halogens is 2. The summed E-state index contributed by atoms with van der Waals surface area (Å²) < 4.78 is 67.9. The standard InChI is InChI=1S/C24H25F2NO4S2/c25-22-9-2-10-23(26)24(22)33(28,29)27(17-20-7-3-12-30-20)16-18-5-1-6-19(15-18)31-13-11-21-8-4-14-32-21/h1-2,4-6,8-10,14-15,20H,3,7,11-13,16-17H2/t20-/m0/s1. The van der Waals surface area contributed by atoms with E-state index in [0.29, 0.717) is 30.9 Å². The number of nitrogens with zero attached hydrogens (tertiary/aromatic N) is 1. The summed E-state index contributed by atoms with van der Waals surface area (Å²) in [6.07, 6.45) is 1.96. The zero-order chi connectivity index (χ0) is 23.3. The first-order valence-electron chi connectivity index (χ1n) is 10.7. The Hall–Kier alpha value is -2.33. The number of ether oxygens (including phenoxy) is 2. The third kappa shape index (κ3) is 5.97. The van der Waals surface area contributed by atoms with Gasteiger partial charge in [0.2, 0.25) is 10.0 Å². The minimum Gasteiger partial charge on any atom is -0.493 e. The van der Waals surface area contributed by atoms with Crippen molar-refractivity contribution in [2.75, 3.05) is 19.8 Å². The lowest BCUT2D eigenvalue weighted by molar-refractivity contribution is 0.0924. The Balaban J connectivity index is 1.54. The summed E-state index contributed by atoms with van der Waals surface area (Å²) in [6, 6.07) is 14.2. The molecule has 0 spiro atoms. The number of hydrogen-bond acceptors (Lipinski definition) is 5. The molecule has 1 aliphatic heterocycles. The molecule has 0 amide bonds. The third-order valence-electron chi connectivity index (χ3n) is 5.40. The van der Waals surface area contributed by atoms with Crippen LogP contribution in [0.3, 0.4) is 0 Å². The van der Waals surface area contributed by atoms with Gasteiger partial charge in [0.05, 0.1) is 12.7 Å². The minimum atomic E-state index is -4.44. The van der Waals surface area contributed by atoms with E-state index in [1.165, 1.54) is 4.88 Å². The molecule has 9 heteroatoms. The molecule has 176 valence electrons. The van der Waals surface area contributed by atoms with Crippen LogP contribution in [0.4, 0.5) is 8.78 Å². The molecule has 5 nitrogen and oxygen atoms in total. The minimum absolute atomic E-state index is 0.0135. The van der Waals surface area contributed by atoms with Crippen LogP contribution in [0.15, 0.2) is 64.9 Å². The van der Waals surface area contributed by atoms with Gasteiger partial charge in [-0.25, -0.2) is 17.2 Å². The largest absolute Gasteiger partial charge is 0.493 e. The quantitative estimate of drug-likeness (QED) is 0.398. The van der Waals surface area contributed by atoms with Crippen LogP contribution in [0, 0.1) is 11.6 Å². The van der Waals surface area contributed by atoms with Crippen LogP contribution in [0.5, 0.6) is 5.75 Å². The summed E-state index contributed by atoms with van der Waals surface area (Å²) in [5, 5.41) is 2.01. The summed E-state index contributed by atoms with van der Waals surface area (Å²) in [4.78, 5) is 0.276. The molecule has 1 aliphatic rings. The van der Waals surface area contributed by atoms with E-state index in [2.05, 4.69) is 0 Å². The molecule has 0 unspecified atom stereocenters. The lowest BCUT2D eigenvalue weighted by Gasteiger charge is -2.25. The van der Waals surface area contributed by atoms with Gasteiger partial charge < -0.3 is 9.47 Å². The predicted molar refractivity (Wildman–Crippen MR) is 123 cm³/mol. The molecule has 4 rings (SSSR count). The number of hydrogen-bond donors (Lipinski definition) is 0. The highest BCUT2D eigenvalue weighted by Crippen LogP contribution is 2.27.